The normalized spacial score (nSPS) is 11.5. The summed E-state index contributed by atoms with van der Waals surface area (Å²) >= 11 is 0. The number of hydrogen-bond donors (Lipinski definition) is 3. The third-order valence-electron chi connectivity index (χ3n) is 3.75. The van der Waals surface area contributed by atoms with Crippen molar-refractivity contribution in [3.05, 3.63) is 53.1 Å². The maximum Gasteiger partial charge on any atom is 0.164 e. The number of ether oxygens (including phenoxy) is 3. The quantitative estimate of drug-likeness (QED) is 0.428. The Morgan fingerprint density at radius 1 is 0.875 bits per heavy atom. The van der Waals surface area contributed by atoms with Gasteiger partial charge in [-0.1, -0.05) is 29.8 Å². The molecule has 0 heterocycles. The predicted octanol–water partition coefficient (Wildman–Crippen LogP) is 2.27. The van der Waals surface area contributed by atoms with Gasteiger partial charge >= 0.3 is 0 Å². The highest BCUT2D eigenvalue weighted by atomic mass is 16.5. The number of benzene rings is 2. The molecule has 0 aliphatic rings. The predicted molar refractivity (Wildman–Crippen MR) is 95.6 cm³/mol. The zero-order valence-electron chi connectivity index (χ0n) is 14.3. The average Bonchev–Trinajstić information content (AvgIpc) is 2.62. The van der Waals surface area contributed by atoms with Gasteiger partial charge in [0.05, 0.1) is 32.7 Å². The molecule has 0 saturated carbocycles. The van der Waals surface area contributed by atoms with Gasteiger partial charge in [-0.15, -0.1) is 0 Å². The topological polar surface area (TPSA) is 91.8 Å². The highest BCUT2D eigenvalue weighted by Crippen LogP contribution is 2.38. The highest BCUT2D eigenvalue weighted by molar-refractivity contribution is 5.90. The second-order valence-corrected chi connectivity index (χ2v) is 5.21. The zero-order chi connectivity index (χ0) is 17.7. The first kappa shape index (κ1) is 17.5. The van der Waals surface area contributed by atoms with Gasteiger partial charge in [-0.05, 0) is 13.0 Å². The molecular weight excluding hydrogens is 306 g/mol. The molecule has 0 bridgehead atoms. The van der Waals surface area contributed by atoms with Gasteiger partial charge in [-0.25, -0.2) is 0 Å². The van der Waals surface area contributed by atoms with E-state index in [0.29, 0.717) is 34.2 Å². The smallest absolute Gasteiger partial charge is 0.164 e. The number of nitrogens with one attached hydrogen (secondary N) is 1. The van der Waals surface area contributed by atoms with E-state index in [4.69, 9.17) is 25.8 Å². The summed E-state index contributed by atoms with van der Waals surface area (Å²) in [5.74, 6) is 7.39. The van der Waals surface area contributed by atoms with Crippen LogP contribution in [0.3, 0.4) is 0 Å². The summed E-state index contributed by atoms with van der Waals surface area (Å²) in [6.07, 6.45) is 0. The van der Waals surface area contributed by atoms with Gasteiger partial charge in [0.15, 0.2) is 11.5 Å². The molecule has 0 aromatic heterocycles. The second-order valence-electron chi connectivity index (χ2n) is 5.21. The van der Waals surface area contributed by atoms with Gasteiger partial charge in [0.25, 0.3) is 0 Å². The molecule has 6 nitrogen and oxygen atoms in total. The van der Waals surface area contributed by atoms with E-state index in [0.717, 1.165) is 11.1 Å². The van der Waals surface area contributed by atoms with Gasteiger partial charge in [0.1, 0.15) is 5.75 Å². The lowest BCUT2D eigenvalue weighted by Gasteiger charge is -2.17. The molecule has 0 aliphatic carbocycles. The molecule has 0 amide bonds. The molecule has 2 aromatic carbocycles. The zero-order valence-corrected chi connectivity index (χ0v) is 14.3. The van der Waals surface area contributed by atoms with Gasteiger partial charge in [-0.2, -0.15) is 0 Å². The summed E-state index contributed by atoms with van der Waals surface area (Å²) in [4.78, 5) is 0. The monoisotopic (exact) mass is 329 g/mol. The lowest BCUT2D eigenvalue weighted by Crippen LogP contribution is -2.23. The Balaban J connectivity index is 2.64. The van der Waals surface area contributed by atoms with Crippen molar-refractivity contribution in [3.8, 4) is 17.2 Å². The third-order valence-corrected chi connectivity index (χ3v) is 3.75. The fourth-order valence-electron chi connectivity index (χ4n) is 2.41. The van der Waals surface area contributed by atoms with Crippen LogP contribution in [0.5, 0.6) is 17.2 Å². The van der Waals surface area contributed by atoms with E-state index < -0.39 is 0 Å². The molecule has 0 aliphatic heterocycles. The molecule has 0 spiro atoms. The van der Waals surface area contributed by atoms with Crippen molar-refractivity contribution in [2.75, 3.05) is 21.3 Å². The van der Waals surface area contributed by atoms with E-state index in [9.17, 15) is 0 Å². The van der Waals surface area contributed by atoms with Crippen LogP contribution in [0, 0.1) is 6.92 Å². The number of methoxy groups -OCH3 is 3. The van der Waals surface area contributed by atoms with Crippen LogP contribution in [0.2, 0.25) is 0 Å². The molecule has 0 fully saturated rings. The SMILES string of the molecule is COc1cc(OC)c(/C(N)=C(/NN)c2ccc(C)cc2)cc1OC. The van der Waals surface area contributed by atoms with E-state index in [1.54, 1.807) is 33.5 Å². The van der Waals surface area contributed by atoms with Crippen LogP contribution < -0.4 is 31.2 Å². The summed E-state index contributed by atoms with van der Waals surface area (Å²) in [6.45, 7) is 2.02. The van der Waals surface area contributed by atoms with E-state index in [1.807, 2.05) is 31.2 Å². The van der Waals surface area contributed by atoms with Gasteiger partial charge in [-0.3, -0.25) is 5.84 Å². The Labute approximate surface area is 142 Å². The third kappa shape index (κ3) is 3.38. The first-order valence-electron chi connectivity index (χ1n) is 7.39. The minimum Gasteiger partial charge on any atom is -0.496 e. The molecule has 6 heteroatoms. The van der Waals surface area contributed by atoms with Crippen molar-refractivity contribution in [3.63, 3.8) is 0 Å². The van der Waals surface area contributed by atoms with Crippen LogP contribution in [0.15, 0.2) is 36.4 Å². The average molecular weight is 329 g/mol. The van der Waals surface area contributed by atoms with E-state index in [1.165, 1.54) is 0 Å². The van der Waals surface area contributed by atoms with Crippen LogP contribution >= 0.6 is 0 Å². The minimum atomic E-state index is 0.444. The Bertz CT molecular complexity index is 740. The number of hydrazine groups is 1. The standard InChI is InChI=1S/C18H23N3O3/c1-11-5-7-12(8-6-11)18(21-20)17(19)13-9-15(23-3)16(24-4)10-14(13)22-2/h5-10,21H,19-20H2,1-4H3/b18-17-. The number of nitrogens with two attached hydrogens (primary N) is 2. The molecule has 128 valence electrons. The van der Waals surface area contributed by atoms with Gasteiger partial charge in [0.2, 0.25) is 0 Å². The lowest BCUT2D eigenvalue weighted by atomic mass is 10.0. The Hall–Kier alpha value is -2.86. The summed E-state index contributed by atoms with van der Waals surface area (Å²) in [7, 11) is 4.70. The number of rotatable bonds is 6. The molecule has 0 unspecified atom stereocenters. The lowest BCUT2D eigenvalue weighted by molar-refractivity contribution is 0.348. The van der Waals surface area contributed by atoms with Crippen LogP contribution in [0.25, 0.3) is 11.4 Å². The Kier molecular flexibility index (Phi) is 5.55. The van der Waals surface area contributed by atoms with Crippen LogP contribution in [-0.4, -0.2) is 21.3 Å². The first-order chi connectivity index (χ1) is 11.5. The van der Waals surface area contributed by atoms with Crippen molar-refractivity contribution in [2.45, 2.75) is 6.92 Å². The molecule has 0 atom stereocenters. The van der Waals surface area contributed by atoms with Crippen molar-refractivity contribution in [2.24, 2.45) is 11.6 Å². The van der Waals surface area contributed by atoms with E-state index >= 15 is 0 Å². The summed E-state index contributed by atoms with van der Waals surface area (Å²) < 4.78 is 16.1. The maximum atomic E-state index is 6.37. The minimum absolute atomic E-state index is 0.444. The summed E-state index contributed by atoms with van der Waals surface area (Å²) in [6, 6.07) is 11.4. The largest absolute Gasteiger partial charge is 0.496 e. The first-order valence-corrected chi connectivity index (χ1v) is 7.39. The second kappa shape index (κ2) is 7.61. The summed E-state index contributed by atoms with van der Waals surface area (Å²) in [5, 5.41) is 0. The highest BCUT2D eigenvalue weighted by Gasteiger charge is 2.17. The van der Waals surface area contributed by atoms with Crippen molar-refractivity contribution in [1.82, 2.24) is 5.43 Å². The molecule has 24 heavy (non-hydrogen) atoms. The van der Waals surface area contributed by atoms with Crippen molar-refractivity contribution in [1.29, 1.82) is 0 Å². The fourth-order valence-corrected chi connectivity index (χ4v) is 2.41. The van der Waals surface area contributed by atoms with Crippen LogP contribution in [0.4, 0.5) is 0 Å². The van der Waals surface area contributed by atoms with Crippen LogP contribution in [0.1, 0.15) is 16.7 Å². The Morgan fingerprint density at radius 3 is 1.92 bits per heavy atom. The molecular formula is C18H23N3O3. The molecule has 0 saturated heterocycles. The van der Waals surface area contributed by atoms with E-state index in [2.05, 4.69) is 5.43 Å². The van der Waals surface area contributed by atoms with Crippen molar-refractivity contribution >= 4 is 11.4 Å². The summed E-state index contributed by atoms with van der Waals surface area (Å²) in [5.41, 5.74) is 12.8. The number of hydrogen-bond acceptors (Lipinski definition) is 6. The van der Waals surface area contributed by atoms with Crippen LogP contribution in [-0.2, 0) is 0 Å². The molecule has 5 N–H and O–H groups in total. The number of aryl methyl sites for hydroxylation is 1. The molecule has 0 radical (unpaired) electrons. The fraction of sp³-hybridized carbons (Fsp3) is 0.222. The van der Waals surface area contributed by atoms with Crippen molar-refractivity contribution < 1.29 is 14.2 Å². The maximum absolute atomic E-state index is 6.37. The molecule has 2 aromatic rings. The van der Waals surface area contributed by atoms with Gasteiger partial charge in [0, 0.05) is 17.2 Å². The van der Waals surface area contributed by atoms with Gasteiger partial charge < -0.3 is 25.4 Å². The van der Waals surface area contributed by atoms with E-state index in [-0.39, 0.29) is 0 Å². The Morgan fingerprint density at radius 2 is 1.42 bits per heavy atom. The molecule has 2 rings (SSSR count).